The Morgan fingerprint density at radius 3 is 1.41 bits per heavy atom. The Labute approximate surface area is 497 Å². The second-order valence-corrected chi connectivity index (χ2v) is 23.9. The average molecular weight is 1160 g/mol. The lowest BCUT2D eigenvalue weighted by Crippen LogP contribution is -2.59. The molecule has 0 spiro atoms. The number of esters is 1. The van der Waals surface area contributed by atoms with Gasteiger partial charge in [-0.3, -0.25) is 24.0 Å². The molecule has 5 amide bonds. The molecule has 6 aromatic carbocycles. The van der Waals surface area contributed by atoms with Gasteiger partial charge in [-0.25, -0.2) is 4.79 Å². The number of rotatable bonds is 30. The van der Waals surface area contributed by atoms with E-state index in [1.54, 1.807) is 52.5 Å². The van der Waals surface area contributed by atoms with Crippen LogP contribution in [-0.4, -0.2) is 102 Å². The topological polar surface area (TPSA) is 201 Å². The third-order valence-electron chi connectivity index (χ3n) is 13.7. The number of benzene rings is 6. The Hall–Kier alpha value is -7.66. The molecule has 0 saturated heterocycles. The zero-order valence-corrected chi connectivity index (χ0v) is 49.9. The van der Waals surface area contributed by atoms with Crippen molar-refractivity contribution in [1.29, 1.82) is 0 Å². The average Bonchev–Trinajstić information content (AvgIpc) is 2.50. The summed E-state index contributed by atoms with van der Waals surface area (Å²) in [5.41, 5.74) is 5.41. The number of unbranched alkanes of at least 4 members (excludes halogenated alkanes) is 1. The number of amides is 5. The second kappa shape index (κ2) is 32.3. The molecule has 0 fully saturated rings. The van der Waals surface area contributed by atoms with Crippen LogP contribution in [0.15, 0.2) is 194 Å². The van der Waals surface area contributed by atoms with Gasteiger partial charge in [0.2, 0.25) is 23.6 Å². The first-order valence-corrected chi connectivity index (χ1v) is 30.1. The van der Waals surface area contributed by atoms with Gasteiger partial charge >= 0.3 is 12.1 Å². The number of hydrogen-bond donors (Lipinski definition) is 6. The fraction of sp³-hybridized carbons (Fsp3) is 0.343. The van der Waals surface area contributed by atoms with Crippen LogP contribution < -0.4 is 26.6 Å². The Bertz CT molecular complexity index is 2810. The summed E-state index contributed by atoms with van der Waals surface area (Å²) in [7, 11) is 1.20. The molecule has 0 aliphatic heterocycles. The molecule has 6 rings (SSSR count). The highest BCUT2D eigenvalue weighted by atomic mass is 32.2. The first-order chi connectivity index (χ1) is 40.0. The number of aliphatic hydroxyl groups is 1. The lowest BCUT2D eigenvalue weighted by atomic mass is 9.84. The highest BCUT2D eigenvalue weighted by Gasteiger charge is 2.40. The number of nitrogens with one attached hydrogen (secondary N) is 5. The number of alkyl carbamates (subject to hydrolysis) is 1. The Morgan fingerprint density at radius 2 is 0.988 bits per heavy atom. The van der Waals surface area contributed by atoms with E-state index >= 15 is 0 Å². The molecule has 6 N–H and O–H groups in total. The van der Waals surface area contributed by atoms with Crippen LogP contribution in [0.4, 0.5) is 4.79 Å². The third-order valence-corrected chi connectivity index (χ3v) is 16.9. The second-order valence-electron chi connectivity index (χ2n) is 21.3. The van der Waals surface area contributed by atoms with Gasteiger partial charge in [-0.1, -0.05) is 208 Å². The molecule has 0 heterocycles. The molecule has 14 nitrogen and oxygen atoms in total. The summed E-state index contributed by atoms with van der Waals surface area (Å²) in [5, 5.41) is 25.3. The van der Waals surface area contributed by atoms with E-state index in [4.69, 9.17) is 9.47 Å². The largest absolute Gasteiger partial charge is 0.468 e. The first-order valence-electron chi connectivity index (χ1n) is 28.1. The molecule has 6 aromatic rings. The fourth-order valence-corrected chi connectivity index (χ4v) is 12.7. The summed E-state index contributed by atoms with van der Waals surface area (Å²) in [6.45, 7) is 8.58. The highest BCUT2D eigenvalue weighted by molar-refractivity contribution is 8.00. The molecule has 83 heavy (non-hydrogen) atoms. The van der Waals surface area contributed by atoms with Gasteiger partial charge in [0.1, 0.15) is 30.3 Å². The maximum Gasteiger partial charge on any atom is 0.407 e. The quantitative estimate of drug-likeness (QED) is 0.0109. The minimum Gasteiger partial charge on any atom is -0.468 e. The van der Waals surface area contributed by atoms with Crippen molar-refractivity contribution in [3.05, 3.63) is 228 Å². The minimum absolute atomic E-state index is 0.0315. The van der Waals surface area contributed by atoms with Crippen molar-refractivity contribution in [2.45, 2.75) is 106 Å². The van der Waals surface area contributed by atoms with Crippen molar-refractivity contribution in [3.63, 3.8) is 0 Å². The van der Waals surface area contributed by atoms with Gasteiger partial charge in [-0.05, 0) is 91.5 Å². The van der Waals surface area contributed by atoms with Crippen LogP contribution in [0, 0.1) is 5.92 Å². The minimum atomic E-state index is -1.30. The molecule has 0 aliphatic carbocycles. The molecule has 4 atom stereocenters. The van der Waals surface area contributed by atoms with Crippen LogP contribution in [0.3, 0.4) is 0 Å². The maximum absolute atomic E-state index is 14.9. The third kappa shape index (κ3) is 18.9. The summed E-state index contributed by atoms with van der Waals surface area (Å²) >= 11 is 3.21. The molecule has 0 saturated carbocycles. The molecule has 0 radical (unpaired) electrons. The van der Waals surface area contributed by atoms with E-state index in [9.17, 15) is 33.9 Å². The lowest BCUT2D eigenvalue weighted by Gasteiger charge is -2.37. The molecule has 0 aromatic heterocycles. The summed E-state index contributed by atoms with van der Waals surface area (Å²) < 4.78 is 8.68. The smallest absolute Gasteiger partial charge is 0.407 e. The van der Waals surface area contributed by atoms with Gasteiger partial charge in [0.05, 0.1) is 29.1 Å². The number of carbonyl (C=O) groups is 6. The molecular weight excluding hydrogens is 1080 g/mol. The number of carbonyl (C=O) groups excluding carboxylic acids is 6. The SMILES string of the molecule is COC(=O)CNC(=O)[C@H](NC(=O)[C@@H](CSC(c1ccccc1)(c1ccccc1)c1ccccc1)NC(=O)[C@@H](CCCCNC(=O)OC(C)(C)C)NC(=O)C[C@H](O)C=CCCSC(c1ccccc1)(c1ccccc1)c1ccccc1)C(C)C. The molecule has 0 unspecified atom stereocenters. The lowest BCUT2D eigenvalue weighted by molar-refractivity contribution is -0.141. The van der Waals surface area contributed by atoms with Crippen molar-refractivity contribution in [1.82, 2.24) is 26.6 Å². The normalized spacial score (nSPS) is 13.2. The van der Waals surface area contributed by atoms with Crippen LogP contribution >= 0.6 is 23.5 Å². The number of thioether (sulfide) groups is 2. The predicted octanol–water partition coefficient (Wildman–Crippen LogP) is 10.2. The van der Waals surface area contributed by atoms with Crippen LogP contribution in [0.5, 0.6) is 0 Å². The Morgan fingerprint density at radius 1 is 0.554 bits per heavy atom. The van der Waals surface area contributed by atoms with E-state index in [-0.39, 0.29) is 25.1 Å². The maximum atomic E-state index is 14.9. The van der Waals surface area contributed by atoms with Crippen LogP contribution in [-0.2, 0) is 42.9 Å². The Kier molecular flexibility index (Phi) is 25.1. The standard InChI is InChI=1S/C67H79N5O9S2/c1-48(2)60(63(78)69-46-59(75)80-6)72-62(77)57(47-83-67(52-35-19-10-20-36-52,53-37-21-11-22-38-53)54-39-23-12-24-40-54)71-61(76)56(42-25-27-43-68-64(79)81-65(3,4)5)70-58(74)45-55(73)41-26-28-44-82-66(49-29-13-7-14-30-49,50-31-15-8-16-32-50)51-33-17-9-18-34-51/h7-24,26,29-41,48,55-57,60,73H,25,27-28,42-47H2,1-6H3,(H,68,79)(H,69,78)(H,70,74)(H,71,76)(H,72,77)/t55-,56-,57-,60-/m1/s1. The molecule has 0 bridgehead atoms. The zero-order valence-electron chi connectivity index (χ0n) is 48.3. The van der Waals surface area contributed by atoms with Crippen LogP contribution in [0.25, 0.3) is 0 Å². The van der Waals surface area contributed by atoms with Crippen molar-refractivity contribution in [3.8, 4) is 0 Å². The fourth-order valence-electron chi connectivity index (χ4n) is 9.62. The number of ether oxygens (including phenoxy) is 2. The summed E-state index contributed by atoms with van der Waals surface area (Å²) in [4.78, 5) is 82.0. The first kappa shape index (κ1) is 64.5. The number of hydrogen-bond acceptors (Lipinski definition) is 11. The monoisotopic (exact) mass is 1160 g/mol. The summed E-state index contributed by atoms with van der Waals surface area (Å²) in [6, 6.07) is 57.0. The van der Waals surface area contributed by atoms with Crippen molar-refractivity contribution in [2.24, 2.45) is 5.92 Å². The van der Waals surface area contributed by atoms with E-state index in [0.717, 1.165) is 33.4 Å². The molecule has 16 heteroatoms. The van der Waals surface area contributed by atoms with Gasteiger partial charge in [0.15, 0.2) is 0 Å². The van der Waals surface area contributed by atoms with Crippen LogP contribution in [0.2, 0.25) is 0 Å². The van der Waals surface area contributed by atoms with Crippen molar-refractivity contribution in [2.75, 3.05) is 31.7 Å². The highest BCUT2D eigenvalue weighted by Crippen LogP contribution is 2.50. The zero-order chi connectivity index (χ0) is 59.7. The van der Waals surface area contributed by atoms with E-state index in [1.807, 2.05) is 152 Å². The van der Waals surface area contributed by atoms with E-state index < -0.39 is 87.5 Å². The van der Waals surface area contributed by atoms with Crippen molar-refractivity contribution >= 4 is 59.2 Å². The van der Waals surface area contributed by atoms with Gasteiger partial charge in [0, 0.05) is 12.3 Å². The summed E-state index contributed by atoms with van der Waals surface area (Å²) in [5.74, 6) is -3.08. The van der Waals surface area contributed by atoms with Gasteiger partial charge in [-0.15, -0.1) is 23.5 Å². The van der Waals surface area contributed by atoms with Crippen LogP contribution in [0.1, 0.15) is 100 Å². The summed E-state index contributed by atoms with van der Waals surface area (Å²) in [6.07, 6.45) is 2.74. The molecule has 0 aliphatic rings. The Balaban J connectivity index is 1.25. The predicted molar refractivity (Wildman–Crippen MR) is 331 cm³/mol. The van der Waals surface area contributed by atoms with Gasteiger partial charge in [0.25, 0.3) is 0 Å². The molecular formula is C67H79N5O9S2. The van der Waals surface area contributed by atoms with E-state index in [0.29, 0.717) is 25.0 Å². The van der Waals surface area contributed by atoms with E-state index in [2.05, 4.69) is 63.0 Å². The van der Waals surface area contributed by atoms with Crippen molar-refractivity contribution < 1.29 is 43.3 Å². The number of methoxy groups -OCH3 is 1. The molecule has 438 valence electrons. The number of aliphatic hydroxyl groups excluding tert-OH is 1. The van der Waals surface area contributed by atoms with E-state index in [1.165, 1.54) is 18.9 Å². The number of allylic oxidation sites excluding steroid dienone is 1. The van der Waals surface area contributed by atoms with Gasteiger partial charge < -0.3 is 41.2 Å². The van der Waals surface area contributed by atoms with Gasteiger partial charge in [-0.2, -0.15) is 0 Å².